The first kappa shape index (κ1) is 9.27. The fourth-order valence-electron chi connectivity index (χ4n) is 2.07. The topological polar surface area (TPSA) is 26.0 Å². The van der Waals surface area contributed by atoms with Gasteiger partial charge in [-0.25, -0.2) is 0 Å². The van der Waals surface area contributed by atoms with Gasteiger partial charge in [-0.2, -0.15) is 0 Å². The molecule has 1 aliphatic rings. The lowest BCUT2D eigenvalue weighted by Gasteiger charge is -2.27. The van der Waals surface area contributed by atoms with Crippen LogP contribution in [0, 0.1) is 5.92 Å². The van der Waals surface area contributed by atoms with E-state index in [9.17, 15) is 0 Å². The Bertz CT molecular complexity index is 146. The smallest absolute Gasteiger partial charge is 0.0477 e. The zero-order valence-corrected chi connectivity index (χ0v) is 9.28. The van der Waals surface area contributed by atoms with Crippen molar-refractivity contribution in [3.63, 3.8) is 0 Å². The molecule has 1 saturated heterocycles. The molecule has 1 rings (SSSR count). The molecule has 0 radical (unpaired) electrons. The summed E-state index contributed by atoms with van der Waals surface area (Å²) in [5.74, 6) is 0.796. The Balaban J connectivity index is 2.55. The Morgan fingerprint density at radius 1 is 1.36 bits per heavy atom. The minimum atomic E-state index is -0.793. The highest BCUT2D eigenvalue weighted by molar-refractivity contribution is 6.78. The van der Waals surface area contributed by atoms with Crippen LogP contribution in [0.2, 0.25) is 25.2 Å². The highest BCUT2D eigenvalue weighted by Gasteiger charge is 2.38. The summed E-state index contributed by atoms with van der Waals surface area (Å²) in [5, 5.41) is 0. The summed E-state index contributed by atoms with van der Waals surface area (Å²) >= 11 is 0. The van der Waals surface area contributed by atoms with E-state index in [0.29, 0.717) is 0 Å². The summed E-state index contributed by atoms with van der Waals surface area (Å²) in [4.78, 5) is 0. The maximum absolute atomic E-state index is 6.08. The summed E-state index contributed by atoms with van der Waals surface area (Å²) in [6.45, 7) is 9.32. The van der Waals surface area contributed by atoms with Gasteiger partial charge in [-0.15, -0.1) is 0 Å². The third kappa shape index (κ3) is 2.31. The lowest BCUT2D eigenvalue weighted by molar-refractivity contribution is 0.349. The molecule has 0 aromatic carbocycles. The predicted molar refractivity (Wildman–Crippen MR) is 53.5 cm³/mol. The van der Waals surface area contributed by atoms with Crippen LogP contribution in [-0.4, -0.2) is 13.6 Å². The van der Waals surface area contributed by atoms with E-state index >= 15 is 0 Å². The molecule has 0 aliphatic carbocycles. The second-order valence-electron chi connectivity index (χ2n) is 5.43. The first-order valence-electron chi connectivity index (χ1n) is 4.60. The van der Waals surface area contributed by atoms with Gasteiger partial charge in [-0.1, -0.05) is 31.6 Å². The first-order valence-corrected chi connectivity index (χ1v) is 8.02. The highest BCUT2D eigenvalue weighted by Crippen LogP contribution is 2.39. The van der Waals surface area contributed by atoms with Gasteiger partial charge < -0.3 is 5.73 Å². The van der Waals surface area contributed by atoms with Crippen LogP contribution in [0.15, 0.2) is 0 Å². The quantitative estimate of drug-likeness (QED) is 0.603. The van der Waals surface area contributed by atoms with E-state index in [1.54, 1.807) is 0 Å². The van der Waals surface area contributed by atoms with Gasteiger partial charge in [0.25, 0.3) is 0 Å². The fourth-order valence-corrected chi connectivity index (χ4v) is 5.47. The number of rotatable bonds is 1. The average molecular weight is 171 g/mol. The predicted octanol–water partition coefficient (Wildman–Crippen LogP) is 2.45. The Morgan fingerprint density at radius 3 is 2.09 bits per heavy atom. The van der Waals surface area contributed by atoms with E-state index in [1.165, 1.54) is 18.5 Å². The van der Waals surface area contributed by atoms with Crippen molar-refractivity contribution in [3.05, 3.63) is 0 Å². The van der Waals surface area contributed by atoms with Crippen LogP contribution >= 0.6 is 0 Å². The summed E-state index contributed by atoms with van der Waals surface area (Å²) in [7, 11) is -0.793. The monoisotopic (exact) mass is 171 g/mol. The minimum absolute atomic E-state index is 0.0702. The van der Waals surface area contributed by atoms with Crippen LogP contribution in [0.4, 0.5) is 0 Å². The van der Waals surface area contributed by atoms with E-state index in [2.05, 4.69) is 26.9 Å². The first-order chi connectivity index (χ1) is 4.81. The van der Waals surface area contributed by atoms with Crippen molar-refractivity contribution in [1.29, 1.82) is 0 Å². The van der Waals surface area contributed by atoms with Gasteiger partial charge in [-0.3, -0.25) is 0 Å². The molecule has 2 N–H and O–H groups in total. The van der Waals surface area contributed by atoms with E-state index in [0.717, 1.165) is 5.92 Å². The second kappa shape index (κ2) is 2.59. The summed E-state index contributed by atoms with van der Waals surface area (Å²) in [5.41, 5.74) is 6.15. The SMILES string of the molecule is CC(C)(N)C1CC[Si](C)(C)C1. The lowest BCUT2D eigenvalue weighted by atomic mass is 9.88. The second-order valence-corrected chi connectivity index (χ2v) is 10.7. The normalized spacial score (nSPS) is 30.8. The summed E-state index contributed by atoms with van der Waals surface area (Å²) in [6.07, 6.45) is 1.38. The molecule has 0 spiro atoms. The van der Waals surface area contributed by atoms with Crippen molar-refractivity contribution < 1.29 is 0 Å². The highest BCUT2D eigenvalue weighted by atomic mass is 28.3. The maximum Gasteiger partial charge on any atom is 0.0477 e. The van der Waals surface area contributed by atoms with Gasteiger partial charge in [0.05, 0.1) is 0 Å². The molecule has 1 fully saturated rings. The molecular weight excluding hydrogens is 150 g/mol. The molecule has 0 aromatic heterocycles. The van der Waals surface area contributed by atoms with Crippen molar-refractivity contribution in [2.24, 2.45) is 11.7 Å². The molecule has 1 nitrogen and oxygen atoms in total. The molecule has 11 heavy (non-hydrogen) atoms. The van der Waals surface area contributed by atoms with Gasteiger partial charge in [-0.05, 0) is 19.8 Å². The lowest BCUT2D eigenvalue weighted by Crippen LogP contribution is -2.40. The van der Waals surface area contributed by atoms with Gasteiger partial charge >= 0.3 is 0 Å². The van der Waals surface area contributed by atoms with Gasteiger partial charge in [0, 0.05) is 13.6 Å². The van der Waals surface area contributed by atoms with Crippen molar-refractivity contribution in [2.75, 3.05) is 0 Å². The molecule has 1 heterocycles. The third-order valence-electron chi connectivity index (χ3n) is 3.02. The molecule has 1 atom stereocenters. The molecule has 2 heteroatoms. The maximum atomic E-state index is 6.08. The molecule has 0 saturated carbocycles. The molecule has 0 bridgehead atoms. The zero-order valence-electron chi connectivity index (χ0n) is 8.28. The number of nitrogens with two attached hydrogens (primary N) is 1. The van der Waals surface area contributed by atoms with E-state index < -0.39 is 8.07 Å². The molecular formula is C9H21NSi. The molecule has 1 aliphatic heterocycles. The van der Waals surface area contributed by atoms with Crippen LogP contribution in [0.5, 0.6) is 0 Å². The van der Waals surface area contributed by atoms with Crippen LogP contribution in [0.3, 0.4) is 0 Å². The largest absolute Gasteiger partial charge is 0.325 e. The van der Waals surface area contributed by atoms with Gasteiger partial charge in [0.1, 0.15) is 0 Å². The van der Waals surface area contributed by atoms with E-state index in [-0.39, 0.29) is 5.54 Å². The van der Waals surface area contributed by atoms with Crippen molar-refractivity contribution in [3.8, 4) is 0 Å². The van der Waals surface area contributed by atoms with Crippen LogP contribution < -0.4 is 5.73 Å². The Kier molecular flexibility index (Phi) is 2.19. The molecule has 1 unspecified atom stereocenters. The van der Waals surface area contributed by atoms with Crippen molar-refractivity contribution in [2.45, 2.75) is 51.0 Å². The minimum Gasteiger partial charge on any atom is -0.325 e. The third-order valence-corrected chi connectivity index (χ3v) is 6.26. The van der Waals surface area contributed by atoms with E-state index in [4.69, 9.17) is 5.73 Å². The molecule has 66 valence electrons. The zero-order chi connectivity index (χ0) is 8.70. The Hall–Kier alpha value is 0.177. The Labute approximate surface area is 71.4 Å². The van der Waals surface area contributed by atoms with Gasteiger partial charge in [0.15, 0.2) is 0 Å². The van der Waals surface area contributed by atoms with Crippen LogP contribution in [-0.2, 0) is 0 Å². The van der Waals surface area contributed by atoms with Crippen molar-refractivity contribution in [1.82, 2.24) is 0 Å². The van der Waals surface area contributed by atoms with Crippen molar-refractivity contribution >= 4 is 8.07 Å². The Morgan fingerprint density at radius 2 is 1.91 bits per heavy atom. The van der Waals surface area contributed by atoms with Gasteiger partial charge in [0.2, 0.25) is 0 Å². The summed E-state index contributed by atoms with van der Waals surface area (Å²) in [6, 6.07) is 2.93. The molecule has 0 aromatic rings. The fraction of sp³-hybridized carbons (Fsp3) is 1.00. The van der Waals surface area contributed by atoms with E-state index in [1.807, 2.05) is 0 Å². The van der Waals surface area contributed by atoms with Crippen LogP contribution in [0.1, 0.15) is 20.3 Å². The average Bonchev–Trinajstić information content (AvgIpc) is 2.07. The molecule has 0 amide bonds. The number of hydrogen-bond donors (Lipinski definition) is 1. The summed E-state index contributed by atoms with van der Waals surface area (Å²) < 4.78 is 0. The number of hydrogen-bond acceptors (Lipinski definition) is 1. The van der Waals surface area contributed by atoms with Crippen LogP contribution in [0.25, 0.3) is 0 Å². The standard InChI is InChI=1S/C9H21NSi/c1-9(2,10)8-5-6-11(3,4)7-8/h8H,5-7,10H2,1-4H3.